The van der Waals surface area contributed by atoms with Gasteiger partial charge >= 0.3 is 11.4 Å². The van der Waals surface area contributed by atoms with E-state index in [2.05, 4.69) is 4.74 Å². The van der Waals surface area contributed by atoms with Crippen LogP contribution in [0.4, 0.5) is 22.0 Å². The Balaban J connectivity index is 3.73. The number of ether oxygens (including phenoxy) is 1. The van der Waals surface area contributed by atoms with E-state index in [4.69, 9.17) is 0 Å². The number of hydrogen-bond donors (Lipinski definition) is 0. The van der Waals surface area contributed by atoms with Crippen molar-refractivity contribution in [1.82, 2.24) is 0 Å². The number of hydrogen-bond acceptors (Lipinski definition) is 1. The van der Waals surface area contributed by atoms with Crippen LogP contribution < -0.4 is 0 Å². The van der Waals surface area contributed by atoms with E-state index in [0.29, 0.717) is 0 Å². The van der Waals surface area contributed by atoms with Crippen LogP contribution in [0.3, 0.4) is 0 Å². The van der Waals surface area contributed by atoms with Crippen LogP contribution in [0.15, 0.2) is 0 Å². The summed E-state index contributed by atoms with van der Waals surface area (Å²) in [6.45, 7) is -3.54. The van der Waals surface area contributed by atoms with Gasteiger partial charge in [-0.25, -0.2) is 4.39 Å². The van der Waals surface area contributed by atoms with Gasteiger partial charge in [0.2, 0.25) is 0 Å². The minimum atomic E-state index is -4.07. The van der Waals surface area contributed by atoms with Crippen molar-refractivity contribution in [2.24, 2.45) is 0 Å². The number of rotatable bonds is 3. The van der Waals surface area contributed by atoms with Crippen molar-refractivity contribution in [2.45, 2.75) is 17.8 Å². The molecule has 0 aliphatic rings. The average molecular weight is 229 g/mol. The molecule has 7 heteroatoms. The highest BCUT2D eigenvalue weighted by molar-refractivity contribution is 9.10. The summed E-state index contributed by atoms with van der Waals surface area (Å²) in [5, 5.41) is 0. The second-order valence-electron chi connectivity index (χ2n) is 1.25. The standard InChI is InChI=1S/C3H2BrF5O/c4-3(8,9)1(5)10-2(6)7/h1-2H. The van der Waals surface area contributed by atoms with Crippen molar-refractivity contribution >= 4 is 15.9 Å². The first-order chi connectivity index (χ1) is 4.34. The summed E-state index contributed by atoms with van der Waals surface area (Å²) in [6, 6.07) is 0. The van der Waals surface area contributed by atoms with E-state index in [9.17, 15) is 22.0 Å². The van der Waals surface area contributed by atoms with E-state index < -0.39 is 17.8 Å². The summed E-state index contributed by atoms with van der Waals surface area (Å²) in [7, 11) is 0. The van der Waals surface area contributed by atoms with Gasteiger partial charge in [-0.15, -0.1) is 0 Å². The lowest BCUT2D eigenvalue weighted by Gasteiger charge is -2.13. The molecule has 1 atom stereocenters. The fourth-order valence-electron chi connectivity index (χ4n) is 0.167. The van der Waals surface area contributed by atoms with Gasteiger partial charge in [0.05, 0.1) is 0 Å². The summed E-state index contributed by atoms with van der Waals surface area (Å²) in [4.78, 5) is -4.07. The van der Waals surface area contributed by atoms with E-state index in [-0.39, 0.29) is 0 Å². The molecule has 0 amide bonds. The maximum atomic E-state index is 11.7. The minimum absolute atomic E-state index is 1.51. The lowest BCUT2D eigenvalue weighted by atomic mass is 10.7. The normalized spacial score (nSPS) is 15.9. The zero-order chi connectivity index (χ0) is 8.36. The molecule has 0 heterocycles. The molecule has 0 rings (SSSR count). The van der Waals surface area contributed by atoms with Gasteiger partial charge in [0.1, 0.15) is 0 Å². The van der Waals surface area contributed by atoms with Gasteiger partial charge in [-0.3, -0.25) is 4.74 Å². The highest BCUT2D eigenvalue weighted by Crippen LogP contribution is 2.30. The highest BCUT2D eigenvalue weighted by Gasteiger charge is 2.39. The van der Waals surface area contributed by atoms with Crippen molar-refractivity contribution in [2.75, 3.05) is 0 Å². The third-order valence-corrected chi connectivity index (χ3v) is 0.840. The fourth-order valence-corrected chi connectivity index (χ4v) is 0.275. The second kappa shape index (κ2) is 3.47. The molecule has 0 saturated carbocycles. The summed E-state index contributed by atoms with van der Waals surface area (Å²) in [6.07, 6.45) is -3.33. The molecule has 0 aliphatic carbocycles. The average Bonchev–Trinajstić information content (AvgIpc) is 1.60. The van der Waals surface area contributed by atoms with E-state index in [1.165, 1.54) is 15.9 Å². The number of alkyl halides is 6. The smallest absolute Gasteiger partial charge is 0.281 e. The third-order valence-electron chi connectivity index (χ3n) is 0.480. The minimum Gasteiger partial charge on any atom is -0.281 e. The maximum absolute atomic E-state index is 11.7. The molecular formula is C3H2BrF5O. The van der Waals surface area contributed by atoms with E-state index in [1.807, 2.05) is 0 Å². The van der Waals surface area contributed by atoms with Gasteiger partial charge in [-0.2, -0.15) is 17.6 Å². The fraction of sp³-hybridized carbons (Fsp3) is 1.00. The van der Waals surface area contributed by atoms with E-state index in [0.717, 1.165) is 0 Å². The van der Waals surface area contributed by atoms with Crippen LogP contribution in [0.25, 0.3) is 0 Å². The largest absolute Gasteiger partial charge is 0.356 e. The van der Waals surface area contributed by atoms with Gasteiger partial charge in [-0.1, -0.05) is 0 Å². The SMILES string of the molecule is FC(F)OC(F)C(F)(F)Br. The Bertz CT molecular complexity index is 102. The summed E-state index contributed by atoms with van der Waals surface area (Å²) in [5.74, 6) is 0. The Labute approximate surface area is 61.3 Å². The Morgan fingerprint density at radius 3 is 1.70 bits per heavy atom. The molecular weight excluding hydrogens is 227 g/mol. The van der Waals surface area contributed by atoms with Crippen LogP contribution in [0.2, 0.25) is 0 Å². The zero-order valence-corrected chi connectivity index (χ0v) is 5.92. The van der Waals surface area contributed by atoms with Crippen molar-refractivity contribution in [3.05, 3.63) is 0 Å². The molecule has 0 N–H and O–H groups in total. The lowest BCUT2D eigenvalue weighted by Crippen LogP contribution is -2.27. The first-order valence-electron chi connectivity index (χ1n) is 1.98. The molecule has 0 aromatic rings. The van der Waals surface area contributed by atoms with E-state index in [1.54, 1.807) is 0 Å². The van der Waals surface area contributed by atoms with Crippen molar-refractivity contribution in [3.63, 3.8) is 0 Å². The number of halogens is 6. The molecule has 10 heavy (non-hydrogen) atoms. The monoisotopic (exact) mass is 228 g/mol. The molecule has 0 fully saturated rings. The molecule has 1 nitrogen and oxygen atoms in total. The van der Waals surface area contributed by atoms with Crippen molar-refractivity contribution < 1.29 is 26.7 Å². The molecule has 0 bridgehead atoms. The predicted octanol–water partition coefficient (Wildman–Crippen LogP) is 2.51. The quantitative estimate of drug-likeness (QED) is 0.533. The van der Waals surface area contributed by atoms with Crippen molar-refractivity contribution in [1.29, 1.82) is 0 Å². The van der Waals surface area contributed by atoms with Gasteiger partial charge in [-0.05, 0) is 15.9 Å². The molecule has 0 aromatic heterocycles. The van der Waals surface area contributed by atoms with Crippen LogP contribution in [-0.4, -0.2) is 17.8 Å². The van der Waals surface area contributed by atoms with Crippen LogP contribution in [0, 0.1) is 0 Å². The maximum Gasteiger partial charge on any atom is 0.356 e. The third kappa shape index (κ3) is 3.99. The van der Waals surface area contributed by atoms with Crippen LogP contribution >= 0.6 is 15.9 Å². The zero-order valence-electron chi connectivity index (χ0n) is 4.33. The Hall–Kier alpha value is 0.0900. The lowest BCUT2D eigenvalue weighted by molar-refractivity contribution is -0.243. The Morgan fingerprint density at radius 2 is 1.60 bits per heavy atom. The molecule has 62 valence electrons. The molecule has 0 aromatic carbocycles. The van der Waals surface area contributed by atoms with E-state index >= 15 is 0 Å². The molecule has 0 radical (unpaired) electrons. The Kier molecular flexibility index (Phi) is 3.50. The van der Waals surface area contributed by atoms with Crippen LogP contribution in [0.1, 0.15) is 0 Å². The Morgan fingerprint density at radius 1 is 1.20 bits per heavy atom. The molecule has 0 saturated heterocycles. The molecule has 0 spiro atoms. The summed E-state index contributed by atoms with van der Waals surface area (Å²) < 4.78 is 59.6. The van der Waals surface area contributed by atoms with Crippen LogP contribution in [-0.2, 0) is 4.74 Å². The van der Waals surface area contributed by atoms with Crippen molar-refractivity contribution in [3.8, 4) is 0 Å². The van der Waals surface area contributed by atoms with Crippen LogP contribution in [0.5, 0.6) is 0 Å². The van der Waals surface area contributed by atoms with Gasteiger partial charge in [0, 0.05) is 0 Å². The summed E-state index contributed by atoms with van der Waals surface area (Å²) in [5.41, 5.74) is 0. The molecule has 0 aliphatic heterocycles. The van der Waals surface area contributed by atoms with Gasteiger partial charge < -0.3 is 0 Å². The first-order valence-corrected chi connectivity index (χ1v) is 2.77. The topological polar surface area (TPSA) is 9.23 Å². The van der Waals surface area contributed by atoms with Gasteiger partial charge in [0.25, 0.3) is 6.36 Å². The summed E-state index contributed by atoms with van der Waals surface area (Å²) >= 11 is 1.51. The molecule has 1 unspecified atom stereocenters. The van der Waals surface area contributed by atoms with Gasteiger partial charge in [0.15, 0.2) is 0 Å². The highest BCUT2D eigenvalue weighted by atomic mass is 79.9. The predicted molar refractivity (Wildman–Crippen MR) is 25.9 cm³/mol. The second-order valence-corrected chi connectivity index (χ2v) is 2.31. The first kappa shape index (κ1) is 10.1.